The molecule has 0 aliphatic carbocycles. The smallest absolute Gasteiger partial charge is 0.0497 e. The van der Waals surface area contributed by atoms with Gasteiger partial charge in [0.1, 0.15) is 0 Å². The minimum absolute atomic E-state index is 0.498. The molecule has 0 aliphatic rings. The second kappa shape index (κ2) is 5.06. The average molecular weight is 309 g/mol. The molecule has 0 saturated carbocycles. The summed E-state index contributed by atoms with van der Waals surface area (Å²) >= 11 is 3.77. The van der Waals surface area contributed by atoms with Crippen molar-refractivity contribution in [3.63, 3.8) is 0 Å². The van der Waals surface area contributed by atoms with Crippen LogP contribution in [0.1, 0.15) is 30.7 Å². The van der Waals surface area contributed by atoms with E-state index in [1.54, 1.807) is 0 Å². The van der Waals surface area contributed by atoms with Crippen LogP contribution < -0.4 is 5.32 Å². The summed E-state index contributed by atoms with van der Waals surface area (Å²) in [7, 11) is 2.14. The monoisotopic (exact) mass is 308 g/mol. The number of hydrogen-bond donors (Lipinski definition) is 1. The van der Waals surface area contributed by atoms with Crippen LogP contribution >= 0.6 is 15.9 Å². The Morgan fingerprint density at radius 2 is 1.94 bits per heavy atom. The SMILES string of the molecule is Cc1cc(C)c2c(Br)c(CNC(C)C)n(C)c2c1. The molecule has 0 fully saturated rings. The summed E-state index contributed by atoms with van der Waals surface area (Å²) in [6.45, 7) is 9.57. The van der Waals surface area contributed by atoms with Gasteiger partial charge in [0.25, 0.3) is 0 Å². The summed E-state index contributed by atoms with van der Waals surface area (Å²) in [6, 6.07) is 5.00. The predicted molar refractivity (Wildman–Crippen MR) is 82.1 cm³/mol. The molecule has 0 unspecified atom stereocenters. The van der Waals surface area contributed by atoms with Gasteiger partial charge in [-0.25, -0.2) is 0 Å². The van der Waals surface area contributed by atoms with Crippen molar-refractivity contribution < 1.29 is 0 Å². The van der Waals surface area contributed by atoms with Gasteiger partial charge in [-0.2, -0.15) is 0 Å². The van der Waals surface area contributed by atoms with Crippen molar-refractivity contribution >= 4 is 26.8 Å². The summed E-state index contributed by atoms with van der Waals surface area (Å²) in [5.41, 5.74) is 5.27. The third-order valence-electron chi connectivity index (χ3n) is 3.38. The molecule has 0 radical (unpaired) electrons. The maximum Gasteiger partial charge on any atom is 0.0497 e. The molecule has 0 saturated heterocycles. The minimum atomic E-state index is 0.498. The number of benzene rings is 1. The van der Waals surface area contributed by atoms with E-state index < -0.39 is 0 Å². The quantitative estimate of drug-likeness (QED) is 0.905. The second-order valence-corrected chi connectivity index (χ2v) is 6.12. The third kappa shape index (κ3) is 2.34. The molecule has 2 aromatic rings. The topological polar surface area (TPSA) is 17.0 Å². The van der Waals surface area contributed by atoms with E-state index in [1.165, 1.54) is 32.2 Å². The number of nitrogens with zero attached hydrogens (tertiary/aromatic N) is 1. The number of rotatable bonds is 3. The number of halogens is 1. The summed E-state index contributed by atoms with van der Waals surface area (Å²) < 4.78 is 3.51. The van der Waals surface area contributed by atoms with Crippen LogP contribution in [0.15, 0.2) is 16.6 Å². The van der Waals surface area contributed by atoms with E-state index in [0.717, 1.165) is 6.54 Å². The first kappa shape index (κ1) is 13.6. The Hall–Kier alpha value is -0.800. The number of nitrogens with one attached hydrogen (secondary N) is 1. The van der Waals surface area contributed by atoms with Crippen molar-refractivity contribution in [3.05, 3.63) is 33.4 Å². The molecule has 1 N–H and O–H groups in total. The third-order valence-corrected chi connectivity index (χ3v) is 4.23. The van der Waals surface area contributed by atoms with Gasteiger partial charge in [-0.1, -0.05) is 19.9 Å². The number of fused-ring (bicyclic) bond motifs is 1. The van der Waals surface area contributed by atoms with Gasteiger partial charge in [0.2, 0.25) is 0 Å². The van der Waals surface area contributed by atoms with E-state index in [2.05, 4.69) is 72.7 Å². The van der Waals surface area contributed by atoms with E-state index >= 15 is 0 Å². The Bertz CT molecular complexity index is 582. The average Bonchev–Trinajstić information content (AvgIpc) is 2.49. The van der Waals surface area contributed by atoms with E-state index in [1.807, 2.05) is 0 Å². The first-order valence-electron chi connectivity index (χ1n) is 6.39. The zero-order chi connectivity index (χ0) is 13.4. The van der Waals surface area contributed by atoms with E-state index in [9.17, 15) is 0 Å². The molecular weight excluding hydrogens is 288 g/mol. The van der Waals surface area contributed by atoms with Crippen LogP contribution in [0.4, 0.5) is 0 Å². The number of aryl methyl sites for hydroxylation is 3. The van der Waals surface area contributed by atoms with Gasteiger partial charge in [0, 0.05) is 40.7 Å². The largest absolute Gasteiger partial charge is 0.345 e. The summed E-state index contributed by atoms with van der Waals surface area (Å²) in [4.78, 5) is 0. The molecule has 0 amide bonds. The lowest BCUT2D eigenvalue weighted by atomic mass is 10.1. The molecule has 2 rings (SSSR count). The first-order chi connectivity index (χ1) is 8.41. The summed E-state index contributed by atoms with van der Waals surface area (Å²) in [5.74, 6) is 0. The molecule has 0 atom stereocenters. The zero-order valence-electron chi connectivity index (χ0n) is 11.8. The summed E-state index contributed by atoms with van der Waals surface area (Å²) in [6.07, 6.45) is 0. The van der Waals surface area contributed by atoms with Crippen molar-refractivity contribution in [2.45, 2.75) is 40.3 Å². The molecule has 0 spiro atoms. The van der Waals surface area contributed by atoms with Crippen molar-refractivity contribution in [3.8, 4) is 0 Å². The minimum Gasteiger partial charge on any atom is -0.345 e. The predicted octanol–water partition coefficient (Wildman–Crippen LogP) is 4.06. The maximum atomic E-state index is 3.77. The normalized spacial score (nSPS) is 11.7. The zero-order valence-corrected chi connectivity index (χ0v) is 13.4. The molecule has 3 heteroatoms. The summed E-state index contributed by atoms with van der Waals surface area (Å²) in [5, 5.41) is 4.82. The lowest BCUT2D eigenvalue weighted by Crippen LogP contribution is -2.23. The van der Waals surface area contributed by atoms with Crippen molar-refractivity contribution in [2.24, 2.45) is 7.05 Å². The highest BCUT2D eigenvalue weighted by atomic mass is 79.9. The van der Waals surface area contributed by atoms with Gasteiger partial charge in [-0.05, 0) is 47.0 Å². The Balaban J connectivity index is 2.58. The molecule has 1 aromatic heterocycles. The second-order valence-electron chi connectivity index (χ2n) is 5.33. The van der Waals surface area contributed by atoms with Crippen molar-refractivity contribution in [1.29, 1.82) is 0 Å². The van der Waals surface area contributed by atoms with Crippen LogP contribution in [0, 0.1) is 13.8 Å². The Morgan fingerprint density at radius 1 is 1.28 bits per heavy atom. The number of aromatic nitrogens is 1. The van der Waals surface area contributed by atoms with Crippen LogP contribution in [0.3, 0.4) is 0 Å². The van der Waals surface area contributed by atoms with Crippen molar-refractivity contribution in [2.75, 3.05) is 0 Å². The molecule has 18 heavy (non-hydrogen) atoms. The lowest BCUT2D eigenvalue weighted by molar-refractivity contribution is 0.571. The molecule has 2 nitrogen and oxygen atoms in total. The lowest BCUT2D eigenvalue weighted by Gasteiger charge is -2.09. The molecule has 98 valence electrons. The van der Waals surface area contributed by atoms with Gasteiger partial charge >= 0.3 is 0 Å². The van der Waals surface area contributed by atoms with E-state index in [4.69, 9.17) is 0 Å². The maximum absolute atomic E-state index is 3.77. The highest BCUT2D eigenvalue weighted by molar-refractivity contribution is 9.10. The van der Waals surface area contributed by atoms with Gasteiger partial charge < -0.3 is 9.88 Å². The van der Waals surface area contributed by atoms with Gasteiger partial charge in [0.05, 0.1) is 0 Å². The number of hydrogen-bond acceptors (Lipinski definition) is 1. The fourth-order valence-corrected chi connectivity index (χ4v) is 3.35. The molecule has 1 heterocycles. The molecular formula is C15H21BrN2. The standard InChI is InChI=1S/C15H21BrN2/c1-9(2)17-8-13-15(16)14-11(4)6-10(3)7-12(14)18(13)5/h6-7,9,17H,8H2,1-5H3. The fraction of sp³-hybridized carbons (Fsp3) is 0.467. The first-order valence-corrected chi connectivity index (χ1v) is 7.18. The van der Waals surface area contributed by atoms with Crippen LogP contribution in [0.25, 0.3) is 10.9 Å². The van der Waals surface area contributed by atoms with Gasteiger partial charge in [0.15, 0.2) is 0 Å². The molecule has 1 aromatic carbocycles. The van der Waals surface area contributed by atoms with Gasteiger partial charge in [-0.3, -0.25) is 0 Å². The van der Waals surface area contributed by atoms with Crippen LogP contribution in [-0.2, 0) is 13.6 Å². The Kier molecular flexibility index (Phi) is 3.83. The van der Waals surface area contributed by atoms with E-state index in [-0.39, 0.29) is 0 Å². The highest BCUT2D eigenvalue weighted by Gasteiger charge is 2.15. The van der Waals surface area contributed by atoms with Gasteiger partial charge in [-0.15, -0.1) is 0 Å². The van der Waals surface area contributed by atoms with Crippen LogP contribution in [0.5, 0.6) is 0 Å². The van der Waals surface area contributed by atoms with Crippen molar-refractivity contribution in [1.82, 2.24) is 9.88 Å². The Morgan fingerprint density at radius 3 is 2.56 bits per heavy atom. The van der Waals surface area contributed by atoms with Crippen LogP contribution in [-0.4, -0.2) is 10.6 Å². The molecule has 0 bridgehead atoms. The highest BCUT2D eigenvalue weighted by Crippen LogP contribution is 2.33. The van der Waals surface area contributed by atoms with E-state index in [0.29, 0.717) is 6.04 Å². The van der Waals surface area contributed by atoms with Crippen LogP contribution in [0.2, 0.25) is 0 Å². The molecule has 0 aliphatic heterocycles. The fourth-order valence-electron chi connectivity index (χ4n) is 2.43. The Labute approximate surface area is 118 Å².